The number of hydrogen-bond donors (Lipinski definition) is 2. The van der Waals surface area contributed by atoms with Gasteiger partial charge in [0, 0.05) is 6.54 Å². The smallest absolute Gasteiger partial charge is 0.168 e. The number of aryl methyl sites for hydroxylation is 2. The Kier molecular flexibility index (Phi) is 3.29. The Balaban J connectivity index is 2.30. The summed E-state index contributed by atoms with van der Waals surface area (Å²) < 4.78 is 2.09. The van der Waals surface area contributed by atoms with Crippen molar-refractivity contribution in [3.05, 3.63) is 42.0 Å². The fourth-order valence-corrected chi connectivity index (χ4v) is 2.61. The molecule has 2 aromatic carbocycles. The number of rotatable bonds is 3. The number of imidazole rings is 1. The van der Waals surface area contributed by atoms with Crippen LogP contribution < -0.4 is 0 Å². The van der Waals surface area contributed by atoms with Gasteiger partial charge in [-0.25, -0.2) is 4.98 Å². The fraction of sp³-hybridized carbons (Fsp3) is 0.235. The minimum atomic E-state index is -0.126. The minimum absolute atomic E-state index is 0.123. The molecular weight excluding hydrogens is 264 g/mol. The lowest BCUT2D eigenvalue weighted by Crippen LogP contribution is -1.99. The number of aromatic nitrogens is 2. The Labute approximate surface area is 123 Å². The van der Waals surface area contributed by atoms with Crippen LogP contribution in [0.3, 0.4) is 0 Å². The number of aromatic hydroxyl groups is 2. The summed E-state index contributed by atoms with van der Waals surface area (Å²) in [7, 11) is 0. The molecule has 0 bridgehead atoms. The molecule has 1 aromatic heterocycles. The normalized spacial score (nSPS) is 11.1. The number of hydrogen-bond acceptors (Lipinski definition) is 3. The highest BCUT2D eigenvalue weighted by Crippen LogP contribution is 2.37. The van der Waals surface area contributed by atoms with E-state index in [4.69, 9.17) is 0 Å². The Morgan fingerprint density at radius 3 is 2.71 bits per heavy atom. The van der Waals surface area contributed by atoms with Gasteiger partial charge in [-0.2, -0.15) is 0 Å². The summed E-state index contributed by atoms with van der Waals surface area (Å²) in [6.45, 7) is 4.94. The second-order valence-electron chi connectivity index (χ2n) is 5.25. The molecule has 0 fully saturated rings. The zero-order chi connectivity index (χ0) is 15.0. The van der Waals surface area contributed by atoms with Gasteiger partial charge in [-0.05, 0) is 43.2 Å². The molecule has 0 spiro atoms. The van der Waals surface area contributed by atoms with E-state index >= 15 is 0 Å². The predicted molar refractivity (Wildman–Crippen MR) is 83.5 cm³/mol. The molecule has 4 nitrogen and oxygen atoms in total. The molecular formula is C17H18N2O2. The second kappa shape index (κ2) is 5.13. The van der Waals surface area contributed by atoms with Crippen LogP contribution in [-0.2, 0) is 6.54 Å². The SMILES string of the molecule is CCCn1c(-c2cccc(O)c2O)nc2cc(C)ccc21. The van der Waals surface area contributed by atoms with Gasteiger partial charge < -0.3 is 14.8 Å². The second-order valence-corrected chi connectivity index (χ2v) is 5.25. The highest BCUT2D eigenvalue weighted by Gasteiger charge is 2.16. The van der Waals surface area contributed by atoms with E-state index in [9.17, 15) is 10.2 Å². The Bertz CT molecular complexity index is 806. The van der Waals surface area contributed by atoms with Crippen molar-refractivity contribution in [2.45, 2.75) is 26.8 Å². The predicted octanol–water partition coefficient (Wildman–Crippen LogP) is 3.83. The van der Waals surface area contributed by atoms with Crippen LogP contribution >= 0.6 is 0 Å². The lowest BCUT2D eigenvalue weighted by atomic mass is 10.1. The highest BCUT2D eigenvalue weighted by atomic mass is 16.3. The number of benzene rings is 2. The Morgan fingerprint density at radius 1 is 1.14 bits per heavy atom. The average molecular weight is 282 g/mol. The standard InChI is InChI=1S/C17H18N2O2/c1-3-9-19-14-8-7-11(2)10-13(14)18-17(19)12-5-4-6-15(20)16(12)21/h4-8,10,20-21H,3,9H2,1-2H3. The molecule has 0 unspecified atom stereocenters. The molecule has 0 aliphatic carbocycles. The highest BCUT2D eigenvalue weighted by molar-refractivity contribution is 5.83. The topological polar surface area (TPSA) is 58.3 Å². The zero-order valence-corrected chi connectivity index (χ0v) is 12.2. The van der Waals surface area contributed by atoms with E-state index in [1.54, 1.807) is 12.1 Å². The molecule has 0 amide bonds. The van der Waals surface area contributed by atoms with E-state index in [1.807, 2.05) is 13.0 Å². The van der Waals surface area contributed by atoms with Crippen molar-refractivity contribution < 1.29 is 10.2 Å². The van der Waals surface area contributed by atoms with Crippen molar-refractivity contribution in [2.24, 2.45) is 0 Å². The molecule has 3 rings (SSSR count). The number of phenolic OH excluding ortho intramolecular Hbond substituents is 2. The van der Waals surface area contributed by atoms with Crippen LogP contribution in [0.4, 0.5) is 0 Å². The van der Waals surface area contributed by atoms with Crippen molar-refractivity contribution in [3.8, 4) is 22.9 Å². The van der Waals surface area contributed by atoms with Crippen molar-refractivity contribution in [2.75, 3.05) is 0 Å². The first-order chi connectivity index (χ1) is 10.1. The van der Waals surface area contributed by atoms with Crippen molar-refractivity contribution in [1.29, 1.82) is 0 Å². The Morgan fingerprint density at radius 2 is 1.95 bits per heavy atom. The third-order valence-electron chi connectivity index (χ3n) is 3.61. The van der Waals surface area contributed by atoms with Gasteiger partial charge in [0.1, 0.15) is 5.82 Å². The third-order valence-corrected chi connectivity index (χ3v) is 3.61. The first-order valence-corrected chi connectivity index (χ1v) is 7.10. The third kappa shape index (κ3) is 2.23. The minimum Gasteiger partial charge on any atom is -0.504 e. The van der Waals surface area contributed by atoms with Gasteiger partial charge in [-0.1, -0.05) is 19.1 Å². The van der Waals surface area contributed by atoms with E-state index < -0.39 is 0 Å². The zero-order valence-electron chi connectivity index (χ0n) is 12.2. The molecule has 2 N–H and O–H groups in total. The van der Waals surface area contributed by atoms with Crippen LogP contribution in [0.5, 0.6) is 11.5 Å². The van der Waals surface area contributed by atoms with Gasteiger partial charge in [0.15, 0.2) is 11.5 Å². The summed E-state index contributed by atoms with van der Waals surface area (Å²) in [5.41, 5.74) is 3.65. The maximum atomic E-state index is 10.1. The maximum Gasteiger partial charge on any atom is 0.168 e. The molecule has 4 heteroatoms. The summed E-state index contributed by atoms with van der Waals surface area (Å²) in [5, 5.41) is 19.8. The molecule has 0 atom stereocenters. The van der Waals surface area contributed by atoms with Crippen LogP contribution in [0.15, 0.2) is 36.4 Å². The summed E-state index contributed by atoms with van der Waals surface area (Å²) in [5.74, 6) is 0.437. The molecule has 0 aliphatic rings. The molecule has 21 heavy (non-hydrogen) atoms. The van der Waals surface area contributed by atoms with Gasteiger partial charge in [0.25, 0.3) is 0 Å². The largest absolute Gasteiger partial charge is 0.504 e. The van der Waals surface area contributed by atoms with E-state index in [1.165, 1.54) is 6.07 Å². The van der Waals surface area contributed by atoms with Crippen LogP contribution in [0, 0.1) is 6.92 Å². The molecule has 1 heterocycles. The first kappa shape index (κ1) is 13.5. The van der Waals surface area contributed by atoms with Crippen LogP contribution in [0.25, 0.3) is 22.4 Å². The van der Waals surface area contributed by atoms with Crippen LogP contribution in [0.1, 0.15) is 18.9 Å². The number of nitrogens with zero attached hydrogens (tertiary/aromatic N) is 2. The van der Waals surface area contributed by atoms with E-state index in [0.717, 1.165) is 29.6 Å². The van der Waals surface area contributed by atoms with Crippen molar-refractivity contribution >= 4 is 11.0 Å². The van der Waals surface area contributed by atoms with Gasteiger partial charge >= 0.3 is 0 Å². The molecule has 0 saturated heterocycles. The van der Waals surface area contributed by atoms with Gasteiger partial charge in [-0.3, -0.25) is 0 Å². The lowest BCUT2D eigenvalue weighted by Gasteiger charge is -2.09. The number of fused-ring (bicyclic) bond motifs is 1. The quantitative estimate of drug-likeness (QED) is 0.718. The average Bonchev–Trinajstić information content (AvgIpc) is 2.80. The number of phenols is 2. The van der Waals surface area contributed by atoms with E-state index in [2.05, 4.69) is 28.6 Å². The molecule has 0 radical (unpaired) electrons. The maximum absolute atomic E-state index is 10.1. The fourth-order valence-electron chi connectivity index (χ4n) is 2.61. The van der Waals surface area contributed by atoms with E-state index in [-0.39, 0.29) is 11.5 Å². The van der Waals surface area contributed by atoms with Crippen LogP contribution in [-0.4, -0.2) is 19.8 Å². The van der Waals surface area contributed by atoms with Crippen molar-refractivity contribution in [1.82, 2.24) is 9.55 Å². The monoisotopic (exact) mass is 282 g/mol. The summed E-state index contributed by atoms with van der Waals surface area (Å²) >= 11 is 0. The van der Waals surface area contributed by atoms with Crippen molar-refractivity contribution in [3.63, 3.8) is 0 Å². The van der Waals surface area contributed by atoms with Gasteiger partial charge in [0.05, 0.1) is 16.6 Å². The molecule has 108 valence electrons. The molecule has 0 saturated carbocycles. The molecule has 3 aromatic rings. The first-order valence-electron chi connectivity index (χ1n) is 7.10. The van der Waals surface area contributed by atoms with E-state index in [0.29, 0.717) is 11.4 Å². The van der Waals surface area contributed by atoms with Gasteiger partial charge in [0.2, 0.25) is 0 Å². The summed E-state index contributed by atoms with van der Waals surface area (Å²) in [6, 6.07) is 11.1. The summed E-state index contributed by atoms with van der Waals surface area (Å²) in [6.07, 6.45) is 0.964. The number of para-hydroxylation sites is 1. The van der Waals surface area contributed by atoms with Crippen LogP contribution in [0.2, 0.25) is 0 Å². The van der Waals surface area contributed by atoms with Gasteiger partial charge in [-0.15, -0.1) is 0 Å². The Hall–Kier alpha value is -2.49. The molecule has 0 aliphatic heterocycles. The lowest BCUT2D eigenvalue weighted by molar-refractivity contribution is 0.404. The summed E-state index contributed by atoms with van der Waals surface area (Å²) in [4.78, 5) is 4.66.